The maximum absolute atomic E-state index is 13.7. The quantitative estimate of drug-likeness (QED) is 0.0238. The molecule has 0 saturated carbocycles. The molecule has 3 atom stereocenters. The van der Waals surface area contributed by atoms with E-state index in [2.05, 4.69) is 36.2 Å². The topological polar surface area (TPSA) is 319 Å². The van der Waals surface area contributed by atoms with E-state index in [1.807, 2.05) is 0 Å². The largest absolute Gasteiger partial charge is 0.426 e. The van der Waals surface area contributed by atoms with Crippen LogP contribution >= 0.6 is 0 Å². The fourth-order valence-electron chi connectivity index (χ4n) is 4.67. The highest BCUT2D eigenvalue weighted by Crippen LogP contribution is 2.14. The van der Waals surface area contributed by atoms with Gasteiger partial charge in [-0.05, 0) is 61.4 Å². The molecule has 0 aliphatic rings. The average molecular weight is 710 g/mol. The van der Waals surface area contributed by atoms with Gasteiger partial charge in [-0.1, -0.05) is 44.2 Å². The second-order valence-corrected chi connectivity index (χ2v) is 11.8. The first-order valence-electron chi connectivity index (χ1n) is 16.4. The molecule has 0 heterocycles. The van der Waals surface area contributed by atoms with Crippen molar-refractivity contribution in [3.8, 4) is 5.75 Å². The molecule has 0 fully saturated rings. The molecular formula is C33H51N13O5. The van der Waals surface area contributed by atoms with Gasteiger partial charge in [0.1, 0.15) is 17.8 Å². The van der Waals surface area contributed by atoms with E-state index in [9.17, 15) is 19.2 Å². The zero-order chi connectivity index (χ0) is 37.8. The SMILES string of the molecule is CC(C)[C@H](NC(=O)[C@H](CCCN=C(N)N)NCC(=O)Oc1ccccc1)C(=O)N[C@@H](CCCN=C(N)N)C(=O)Nc1cccc(CN=C(N)N)c1. The Hall–Kier alpha value is -5.91. The zero-order valence-electron chi connectivity index (χ0n) is 29.0. The first kappa shape index (κ1) is 41.3. The first-order valence-corrected chi connectivity index (χ1v) is 16.4. The van der Waals surface area contributed by atoms with E-state index in [4.69, 9.17) is 39.1 Å². The number of hydrogen-bond acceptors (Lipinski definition) is 9. The van der Waals surface area contributed by atoms with Crippen molar-refractivity contribution in [3.05, 3.63) is 60.2 Å². The van der Waals surface area contributed by atoms with Crippen LogP contribution in [0.5, 0.6) is 5.75 Å². The summed E-state index contributed by atoms with van der Waals surface area (Å²) in [6.45, 7) is 3.87. The number of nitrogens with zero attached hydrogens (tertiary/aromatic N) is 3. The number of rotatable bonds is 21. The second kappa shape index (κ2) is 21.9. The van der Waals surface area contributed by atoms with Crippen LogP contribution in [0.25, 0.3) is 0 Å². The third-order valence-corrected chi connectivity index (χ3v) is 7.19. The Labute approximate surface area is 297 Å². The first-order chi connectivity index (χ1) is 24.2. The lowest BCUT2D eigenvalue weighted by molar-refractivity contribution is -0.134. The number of aliphatic imine (C=N–C) groups is 3. The van der Waals surface area contributed by atoms with Crippen molar-refractivity contribution >= 4 is 47.3 Å². The van der Waals surface area contributed by atoms with Crippen LogP contribution in [0.1, 0.15) is 45.1 Å². The van der Waals surface area contributed by atoms with Crippen LogP contribution in [0.4, 0.5) is 5.69 Å². The van der Waals surface area contributed by atoms with E-state index in [1.54, 1.807) is 68.4 Å². The number of amides is 3. The molecule has 2 aromatic carbocycles. The number of ether oxygens (including phenoxy) is 1. The fraction of sp³-hybridized carbons (Fsp3) is 0.424. The Morgan fingerprint density at radius 3 is 1.90 bits per heavy atom. The lowest BCUT2D eigenvalue weighted by atomic mass is 10.0. The van der Waals surface area contributed by atoms with Gasteiger partial charge >= 0.3 is 5.97 Å². The molecular weight excluding hydrogens is 658 g/mol. The normalized spacial score (nSPS) is 12.4. The minimum absolute atomic E-state index is 0.0709. The molecule has 51 heavy (non-hydrogen) atoms. The third-order valence-electron chi connectivity index (χ3n) is 7.19. The van der Waals surface area contributed by atoms with Crippen molar-refractivity contribution in [2.24, 2.45) is 55.3 Å². The summed E-state index contributed by atoms with van der Waals surface area (Å²) in [5, 5.41) is 11.3. The summed E-state index contributed by atoms with van der Waals surface area (Å²) in [6.07, 6.45) is 1.16. The molecule has 0 unspecified atom stereocenters. The summed E-state index contributed by atoms with van der Waals surface area (Å²) in [5.74, 6) is -2.57. The number of esters is 1. The maximum Gasteiger partial charge on any atom is 0.325 e. The molecule has 0 aliphatic carbocycles. The van der Waals surface area contributed by atoms with Crippen LogP contribution in [0.15, 0.2) is 69.6 Å². The van der Waals surface area contributed by atoms with Crippen molar-refractivity contribution < 1.29 is 23.9 Å². The molecule has 0 aromatic heterocycles. The lowest BCUT2D eigenvalue weighted by Gasteiger charge is -2.27. The molecule has 3 amide bonds. The average Bonchev–Trinajstić information content (AvgIpc) is 3.07. The summed E-state index contributed by atoms with van der Waals surface area (Å²) < 4.78 is 5.32. The van der Waals surface area contributed by atoms with Gasteiger partial charge < -0.3 is 55.1 Å². The molecule has 0 aliphatic heterocycles. The minimum atomic E-state index is -1.05. The number of nitrogens with two attached hydrogens (primary N) is 6. The van der Waals surface area contributed by atoms with Crippen LogP contribution in [0.3, 0.4) is 0 Å². The van der Waals surface area contributed by atoms with Gasteiger partial charge in [-0.2, -0.15) is 0 Å². The number of para-hydroxylation sites is 1. The Bertz CT molecular complexity index is 1520. The van der Waals surface area contributed by atoms with Crippen LogP contribution in [-0.2, 0) is 25.7 Å². The predicted octanol–water partition coefficient (Wildman–Crippen LogP) is -1.30. The monoisotopic (exact) mass is 709 g/mol. The number of carbonyl (C=O) groups is 4. The summed E-state index contributed by atoms with van der Waals surface area (Å²) >= 11 is 0. The molecule has 18 nitrogen and oxygen atoms in total. The molecule has 2 rings (SSSR count). The highest BCUT2D eigenvalue weighted by molar-refractivity contribution is 5.98. The van der Waals surface area contributed by atoms with Crippen molar-refractivity contribution in [1.82, 2.24) is 16.0 Å². The van der Waals surface area contributed by atoms with Crippen LogP contribution < -0.4 is 60.4 Å². The van der Waals surface area contributed by atoms with Crippen LogP contribution in [-0.4, -0.2) is 79.3 Å². The van der Waals surface area contributed by atoms with Gasteiger partial charge in [-0.25, -0.2) is 4.99 Å². The van der Waals surface area contributed by atoms with Crippen LogP contribution in [0.2, 0.25) is 0 Å². The Kier molecular flexibility index (Phi) is 17.7. The fourth-order valence-corrected chi connectivity index (χ4v) is 4.67. The molecule has 0 saturated heterocycles. The van der Waals surface area contributed by atoms with Gasteiger partial charge in [-0.3, -0.25) is 34.5 Å². The minimum Gasteiger partial charge on any atom is -0.426 e. The predicted molar refractivity (Wildman–Crippen MR) is 197 cm³/mol. The van der Waals surface area contributed by atoms with Gasteiger partial charge in [0.05, 0.1) is 19.1 Å². The molecule has 278 valence electrons. The molecule has 16 N–H and O–H groups in total. The lowest BCUT2D eigenvalue weighted by Crippen LogP contribution is -2.57. The Morgan fingerprint density at radius 1 is 0.706 bits per heavy atom. The molecule has 0 radical (unpaired) electrons. The second-order valence-electron chi connectivity index (χ2n) is 11.8. The number of anilines is 1. The summed E-state index contributed by atoms with van der Waals surface area (Å²) in [7, 11) is 0. The number of hydrogen-bond donors (Lipinski definition) is 10. The summed E-state index contributed by atoms with van der Waals surface area (Å²) in [5.41, 5.74) is 33.8. The van der Waals surface area contributed by atoms with Crippen molar-refractivity contribution in [3.63, 3.8) is 0 Å². The number of benzene rings is 2. The maximum atomic E-state index is 13.7. The van der Waals surface area contributed by atoms with E-state index in [1.165, 1.54) is 0 Å². The Balaban J connectivity index is 2.20. The van der Waals surface area contributed by atoms with Gasteiger partial charge in [-0.15, -0.1) is 0 Å². The van der Waals surface area contributed by atoms with Gasteiger partial charge in [0.25, 0.3) is 0 Å². The van der Waals surface area contributed by atoms with Crippen molar-refractivity contribution in [2.45, 2.75) is 64.2 Å². The van der Waals surface area contributed by atoms with Gasteiger partial charge in [0, 0.05) is 18.8 Å². The molecule has 2 aromatic rings. The Morgan fingerprint density at radius 2 is 1.31 bits per heavy atom. The molecule has 0 spiro atoms. The number of nitrogens with one attached hydrogen (secondary N) is 4. The smallest absolute Gasteiger partial charge is 0.325 e. The van der Waals surface area contributed by atoms with E-state index >= 15 is 0 Å². The van der Waals surface area contributed by atoms with E-state index in [0.29, 0.717) is 24.3 Å². The molecule has 18 heteroatoms. The number of guanidine groups is 3. The number of carbonyl (C=O) groups excluding carboxylic acids is 4. The summed E-state index contributed by atoms with van der Waals surface area (Å²) in [6, 6.07) is 12.4. The standard InChI is InChI=1S/C33H51N13O5/c1-20(2)27(46-28(48)24(13-7-15-40-31(34)35)42-19-26(47)51-23-11-4-3-5-12-23)30(50)45-25(14-8-16-41-32(36)37)29(49)44-22-10-6-9-21(17-22)18-43-33(38)39/h3-6,9-12,17,20,24-25,27,42H,7-8,13-16,18-19H2,1-2H3,(H,44,49)(H,45,50)(H,46,48)(H4,34,35,40)(H4,36,37,41)(H4,38,39,43)/t24-,25-,27-/m0/s1. The van der Waals surface area contributed by atoms with E-state index < -0.39 is 47.7 Å². The van der Waals surface area contributed by atoms with Gasteiger partial charge in [0.15, 0.2) is 17.9 Å². The van der Waals surface area contributed by atoms with Crippen LogP contribution in [0, 0.1) is 5.92 Å². The van der Waals surface area contributed by atoms with E-state index in [0.717, 1.165) is 5.56 Å². The third kappa shape index (κ3) is 16.8. The molecule has 0 bridgehead atoms. The van der Waals surface area contributed by atoms with Gasteiger partial charge in [0.2, 0.25) is 17.7 Å². The van der Waals surface area contributed by atoms with Crippen molar-refractivity contribution in [1.29, 1.82) is 0 Å². The van der Waals surface area contributed by atoms with Crippen molar-refractivity contribution in [2.75, 3.05) is 25.0 Å². The van der Waals surface area contributed by atoms with E-state index in [-0.39, 0.29) is 56.9 Å². The summed E-state index contributed by atoms with van der Waals surface area (Å²) in [4.78, 5) is 65.2. The highest BCUT2D eigenvalue weighted by Gasteiger charge is 2.31. The zero-order valence-corrected chi connectivity index (χ0v) is 29.0. The highest BCUT2D eigenvalue weighted by atomic mass is 16.5.